The molecular weight excluding hydrogens is 298 g/mol. The Morgan fingerprint density at radius 3 is 2.48 bits per heavy atom. The van der Waals surface area contributed by atoms with Gasteiger partial charge in [-0.2, -0.15) is 0 Å². The van der Waals surface area contributed by atoms with Gasteiger partial charge in [0.2, 0.25) is 5.91 Å². The minimum Gasteiger partial charge on any atom is -0.310 e. The van der Waals surface area contributed by atoms with Crippen LogP contribution in [-0.4, -0.2) is 17.8 Å². The first kappa shape index (κ1) is 14.1. The summed E-state index contributed by atoms with van der Waals surface area (Å²) in [5.41, 5.74) is 2.33. The van der Waals surface area contributed by atoms with E-state index in [1.807, 2.05) is 31.2 Å². The van der Waals surface area contributed by atoms with Crippen LogP contribution in [0, 0.1) is 24.5 Å². The van der Waals surface area contributed by atoms with Gasteiger partial charge in [-0.15, -0.1) is 0 Å². The fraction of sp³-hybridized carbons (Fsp3) is 0.222. The van der Waals surface area contributed by atoms with Gasteiger partial charge in [0.05, 0.1) is 17.5 Å². The number of hydrogen-bond donors (Lipinski definition) is 1. The molecule has 1 aliphatic heterocycles. The van der Waals surface area contributed by atoms with Crippen molar-refractivity contribution in [2.45, 2.75) is 18.9 Å². The van der Waals surface area contributed by atoms with Crippen molar-refractivity contribution in [3.8, 4) is 0 Å². The number of rotatable bonds is 2. The van der Waals surface area contributed by atoms with Crippen molar-refractivity contribution in [3.63, 3.8) is 0 Å². The quantitative estimate of drug-likeness (QED) is 0.910. The van der Waals surface area contributed by atoms with Crippen molar-refractivity contribution in [1.29, 1.82) is 0 Å². The number of fused-ring (bicyclic) bond motifs is 1. The average Bonchev–Trinajstić information content (AvgIpc) is 3.23. The molecule has 2 aliphatic rings. The Hall–Kier alpha value is -2.56. The molecule has 116 valence electrons. The third kappa shape index (κ3) is 2.32. The highest BCUT2D eigenvalue weighted by atomic mass is 19.1. The summed E-state index contributed by atoms with van der Waals surface area (Å²) >= 11 is 0. The van der Waals surface area contributed by atoms with E-state index in [-0.39, 0.29) is 35.2 Å². The number of amides is 1. The fourth-order valence-corrected chi connectivity index (χ4v) is 3.17. The number of amidine groups is 1. The van der Waals surface area contributed by atoms with Gasteiger partial charge in [-0.25, -0.2) is 8.78 Å². The molecule has 1 heterocycles. The second-order valence-corrected chi connectivity index (χ2v) is 6.04. The van der Waals surface area contributed by atoms with Crippen molar-refractivity contribution >= 4 is 11.7 Å². The molecule has 1 N–H and O–H groups in total. The highest BCUT2D eigenvalue weighted by Gasteiger charge is 2.58. The molecule has 4 rings (SSSR count). The van der Waals surface area contributed by atoms with Crippen LogP contribution in [-0.2, 0) is 4.79 Å². The molecule has 5 heteroatoms. The van der Waals surface area contributed by atoms with Crippen molar-refractivity contribution in [1.82, 2.24) is 5.32 Å². The van der Waals surface area contributed by atoms with E-state index >= 15 is 0 Å². The van der Waals surface area contributed by atoms with Gasteiger partial charge in [0, 0.05) is 12.0 Å². The van der Waals surface area contributed by atoms with Gasteiger partial charge in [-0.3, -0.25) is 9.79 Å². The van der Waals surface area contributed by atoms with Crippen LogP contribution >= 0.6 is 0 Å². The summed E-state index contributed by atoms with van der Waals surface area (Å²) in [6.07, 6.45) is 0. The lowest BCUT2D eigenvalue weighted by molar-refractivity contribution is -0.121. The zero-order valence-electron chi connectivity index (χ0n) is 12.4. The molecule has 0 spiro atoms. The number of carbonyl (C=O) groups excluding carboxylic acids is 1. The molecule has 2 aromatic rings. The first-order chi connectivity index (χ1) is 11.0. The molecule has 1 saturated carbocycles. The van der Waals surface area contributed by atoms with E-state index in [9.17, 15) is 13.6 Å². The highest BCUT2D eigenvalue weighted by Crippen LogP contribution is 2.51. The van der Waals surface area contributed by atoms with E-state index < -0.39 is 11.6 Å². The number of nitrogens with one attached hydrogen (secondary N) is 1. The molecule has 23 heavy (non-hydrogen) atoms. The lowest BCUT2D eigenvalue weighted by Gasteiger charge is -2.13. The Morgan fingerprint density at radius 1 is 1.04 bits per heavy atom. The van der Waals surface area contributed by atoms with E-state index in [1.54, 1.807) is 0 Å². The lowest BCUT2D eigenvalue weighted by atomic mass is 10.1. The summed E-state index contributed by atoms with van der Waals surface area (Å²) in [7, 11) is 0. The van der Waals surface area contributed by atoms with Crippen LogP contribution in [0.25, 0.3) is 0 Å². The molecule has 1 amide bonds. The third-order valence-electron chi connectivity index (χ3n) is 4.45. The van der Waals surface area contributed by atoms with Crippen molar-refractivity contribution < 1.29 is 13.6 Å². The molecule has 0 aromatic heterocycles. The number of nitrogens with zero attached hydrogens (tertiary/aromatic N) is 1. The Balaban J connectivity index is 1.67. The highest BCUT2D eigenvalue weighted by molar-refractivity contribution is 6.12. The average molecular weight is 312 g/mol. The maximum Gasteiger partial charge on any atom is 0.231 e. The van der Waals surface area contributed by atoms with Crippen LogP contribution in [0.3, 0.4) is 0 Å². The van der Waals surface area contributed by atoms with Gasteiger partial charge in [0.15, 0.2) is 0 Å². The molecule has 1 aliphatic carbocycles. The van der Waals surface area contributed by atoms with Crippen LogP contribution in [0.4, 0.5) is 8.78 Å². The predicted molar refractivity (Wildman–Crippen MR) is 82.2 cm³/mol. The zero-order chi connectivity index (χ0) is 16.1. The second kappa shape index (κ2) is 4.98. The largest absolute Gasteiger partial charge is 0.310 e. The molecule has 3 nitrogen and oxygen atoms in total. The Labute approximate surface area is 132 Å². The van der Waals surface area contributed by atoms with E-state index in [2.05, 4.69) is 10.3 Å². The Morgan fingerprint density at radius 2 is 1.78 bits per heavy atom. The van der Waals surface area contributed by atoms with Crippen molar-refractivity contribution in [3.05, 3.63) is 70.8 Å². The second-order valence-electron chi connectivity index (χ2n) is 6.04. The zero-order valence-corrected chi connectivity index (χ0v) is 12.4. The van der Waals surface area contributed by atoms with E-state index in [1.165, 1.54) is 6.07 Å². The SMILES string of the molecule is Cc1ccc(C2C3N=C(c4ccc(F)cc4F)NC(=O)C32)cc1. The normalized spacial score (nSPS) is 25.4. The molecule has 2 aromatic carbocycles. The maximum atomic E-state index is 13.9. The van der Waals surface area contributed by atoms with Gasteiger partial charge >= 0.3 is 0 Å². The molecule has 3 unspecified atom stereocenters. The first-order valence-corrected chi connectivity index (χ1v) is 7.45. The first-order valence-electron chi connectivity index (χ1n) is 7.45. The van der Waals surface area contributed by atoms with Gasteiger partial charge < -0.3 is 5.32 Å². The number of benzene rings is 2. The molecular formula is C18H14F2N2O. The van der Waals surface area contributed by atoms with Crippen molar-refractivity contribution in [2.24, 2.45) is 10.9 Å². The standard InChI is InChI=1S/C18H14F2N2O/c1-9-2-4-10(5-3-9)14-15-16(14)21-17(22-18(15)23)12-7-6-11(19)8-13(12)20/h2-8,14-16H,1H3,(H,21,22,23). The Kier molecular flexibility index (Phi) is 3.04. The van der Waals surface area contributed by atoms with E-state index in [4.69, 9.17) is 0 Å². The topological polar surface area (TPSA) is 41.5 Å². The van der Waals surface area contributed by atoms with Crippen LogP contribution in [0.15, 0.2) is 47.5 Å². The summed E-state index contributed by atoms with van der Waals surface area (Å²) < 4.78 is 26.9. The summed E-state index contributed by atoms with van der Waals surface area (Å²) in [4.78, 5) is 16.7. The van der Waals surface area contributed by atoms with E-state index in [0.717, 1.165) is 23.3 Å². The summed E-state index contributed by atoms with van der Waals surface area (Å²) in [5.74, 6) is -1.54. The number of aliphatic imine (C=N–C) groups is 1. The fourth-order valence-electron chi connectivity index (χ4n) is 3.17. The molecule has 0 bridgehead atoms. The van der Waals surface area contributed by atoms with E-state index in [0.29, 0.717) is 0 Å². The summed E-state index contributed by atoms with van der Waals surface area (Å²) in [6.45, 7) is 2.00. The minimum atomic E-state index is -0.727. The Bertz CT molecular complexity index is 829. The minimum absolute atomic E-state index is 0.0246. The summed E-state index contributed by atoms with van der Waals surface area (Å²) in [5, 5.41) is 2.64. The lowest BCUT2D eigenvalue weighted by Crippen LogP contribution is -2.37. The summed E-state index contributed by atoms with van der Waals surface area (Å²) in [6, 6.07) is 11.1. The van der Waals surface area contributed by atoms with Gasteiger partial charge in [-0.1, -0.05) is 29.8 Å². The molecule has 3 atom stereocenters. The van der Waals surface area contributed by atoms with Crippen LogP contribution < -0.4 is 5.32 Å². The van der Waals surface area contributed by atoms with Crippen LogP contribution in [0.2, 0.25) is 0 Å². The number of halogens is 2. The molecule has 0 radical (unpaired) electrons. The van der Waals surface area contributed by atoms with Crippen LogP contribution in [0.1, 0.15) is 22.6 Å². The van der Waals surface area contributed by atoms with Gasteiger partial charge in [0.1, 0.15) is 17.5 Å². The third-order valence-corrected chi connectivity index (χ3v) is 4.45. The number of carbonyl (C=O) groups is 1. The number of hydrogen-bond acceptors (Lipinski definition) is 2. The van der Waals surface area contributed by atoms with Crippen LogP contribution in [0.5, 0.6) is 0 Å². The van der Waals surface area contributed by atoms with Gasteiger partial charge in [0.25, 0.3) is 0 Å². The maximum absolute atomic E-state index is 13.9. The van der Waals surface area contributed by atoms with Gasteiger partial charge in [-0.05, 0) is 24.6 Å². The molecule has 0 saturated heterocycles. The molecule has 1 fully saturated rings. The smallest absolute Gasteiger partial charge is 0.231 e. The monoisotopic (exact) mass is 312 g/mol. The number of aryl methyl sites for hydroxylation is 1. The van der Waals surface area contributed by atoms with Crippen molar-refractivity contribution in [2.75, 3.05) is 0 Å². The predicted octanol–water partition coefficient (Wildman–Crippen LogP) is 2.93.